The highest BCUT2D eigenvalue weighted by atomic mass is 35.5. The van der Waals surface area contributed by atoms with Gasteiger partial charge in [-0.05, 0) is 55.2 Å². The summed E-state index contributed by atoms with van der Waals surface area (Å²) in [7, 11) is 0. The number of halogens is 1. The van der Waals surface area contributed by atoms with Crippen LogP contribution >= 0.6 is 12.4 Å². The molecule has 4 N–H and O–H groups in total. The zero-order chi connectivity index (χ0) is 18.4. The van der Waals surface area contributed by atoms with Crippen molar-refractivity contribution >= 4 is 35.6 Å². The molecular formula is C20H24ClN3O3. The average Bonchev–Trinajstić information content (AvgIpc) is 3.18. The van der Waals surface area contributed by atoms with Crippen LogP contribution in [-0.2, 0) is 16.0 Å². The molecule has 7 heteroatoms. The van der Waals surface area contributed by atoms with E-state index < -0.39 is 6.10 Å². The first kappa shape index (κ1) is 20.7. The van der Waals surface area contributed by atoms with E-state index in [0.717, 1.165) is 30.5 Å². The Balaban J connectivity index is 0.00000261. The molecule has 2 aromatic carbocycles. The van der Waals surface area contributed by atoms with Crippen molar-refractivity contribution in [3.8, 4) is 0 Å². The van der Waals surface area contributed by atoms with Gasteiger partial charge in [0.05, 0.1) is 0 Å². The molecule has 1 fully saturated rings. The fraction of sp³-hybridized carbons (Fsp3) is 0.300. The van der Waals surface area contributed by atoms with Crippen LogP contribution in [0, 0.1) is 0 Å². The number of nitrogens with two attached hydrogens (primary N) is 1. The minimum absolute atomic E-state index is 0. The number of carbonyl (C=O) groups excluding carboxylic acids is 2. The minimum atomic E-state index is -0.396. The molecule has 0 saturated carbocycles. The maximum Gasteiger partial charge on any atom is 0.253 e. The third-order valence-electron chi connectivity index (χ3n) is 4.29. The van der Waals surface area contributed by atoms with E-state index >= 15 is 0 Å². The summed E-state index contributed by atoms with van der Waals surface area (Å²) in [6.45, 7) is 1.14. The van der Waals surface area contributed by atoms with Gasteiger partial charge in [0.2, 0.25) is 0 Å². The van der Waals surface area contributed by atoms with Crippen molar-refractivity contribution in [1.29, 1.82) is 0 Å². The Kier molecular flexibility index (Phi) is 7.64. The van der Waals surface area contributed by atoms with Crippen LogP contribution in [0.1, 0.15) is 28.8 Å². The predicted molar refractivity (Wildman–Crippen MR) is 108 cm³/mol. The Morgan fingerprint density at radius 2 is 1.93 bits per heavy atom. The largest absolute Gasteiger partial charge is 0.399 e. The number of hydrogen-bond acceptors (Lipinski definition) is 4. The molecule has 0 bridgehead atoms. The first-order valence-corrected chi connectivity index (χ1v) is 8.77. The topological polar surface area (TPSA) is 93.5 Å². The minimum Gasteiger partial charge on any atom is -0.399 e. The number of amides is 2. The number of anilines is 2. The zero-order valence-electron chi connectivity index (χ0n) is 14.9. The Hall–Kier alpha value is -2.57. The van der Waals surface area contributed by atoms with E-state index in [-0.39, 0.29) is 24.2 Å². The van der Waals surface area contributed by atoms with E-state index in [1.165, 1.54) is 0 Å². The van der Waals surface area contributed by atoms with Gasteiger partial charge in [0.25, 0.3) is 11.8 Å². The van der Waals surface area contributed by atoms with Gasteiger partial charge in [-0.15, -0.1) is 12.4 Å². The fourth-order valence-corrected chi connectivity index (χ4v) is 2.85. The molecule has 1 unspecified atom stereocenters. The lowest BCUT2D eigenvalue weighted by Gasteiger charge is -2.11. The Labute approximate surface area is 164 Å². The summed E-state index contributed by atoms with van der Waals surface area (Å²) < 4.78 is 5.37. The van der Waals surface area contributed by atoms with Crippen molar-refractivity contribution in [2.75, 3.05) is 24.2 Å². The molecule has 6 nitrogen and oxygen atoms in total. The molecular weight excluding hydrogens is 366 g/mol. The van der Waals surface area contributed by atoms with E-state index in [9.17, 15) is 9.59 Å². The third kappa shape index (κ3) is 5.98. The van der Waals surface area contributed by atoms with Crippen molar-refractivity contribution in [3.63, 3.8) is 0 Å². The van der Waals surface area contributed by atoms with Gasteiger partial charge in [-0.2, -0.15) is 0 Å². The molecule has 144 valence electrons. The molecule has 2 amide bonds. The molecule has 0 aliphatic carbocycles. The van der Waals surface area contributed by atoms with Gasteiger partial charge in [0, 0.05) is 30.1 Å². The van der Waals surface area contributed by atoms with Gasteiger partial charge < -0.3 is 21.1 Å². The number of nitrogen functional groups attached to an aromatic ring is 1. The highest BCUT2D eigenvalue weighted by Gasteiger charge is 2.23. The zero-order valence-corrected chi connectivity index (χ0v) is 15.8. The number of hydrogen-bond donors (Lipinski definition) is 3. The van der Waals surface area contributed by atoms with Crippen LogP contribution in [0.5, 0.6) is 0 Å². The quantitative estimate of drug-likeness (QED) is 0.662. The van der Waals surface area contributed by atoms with Gasteiger partial charge in [-0.25, -0.2) is 0 Å². The molecule has 1 saturated heterocycles. The first-order valence-electron chi connectivity index (χ1n) is 8.77. The number of benzene rings is 2. The van der Waals surface area contributed by atoms with Gasteiger partial charge in [0.15, 0.2) is 0 Å². The lowest BCUT2D eigenvalue weighted by atomic mass is 10.1. The standard InChI is InChI=1S/C20H23N3O3.ClH/c21-16-8-6-14(7-9-16)10-11-22-19(24)15-3-1-4-17(13-15)23-20(25)18-5-2-12-26-18;/h1,3-4,6-9,13,18H,2,5,10-12,21H2,(H,22,24)(H,23,25);1H. The molecule has 1 atom stereocenters. The van der Waals surface area contributed by atoms with Crippen molar-refractivity contribution in [2.24, 2.45) is 0 Å². The van der Waals surface area contributed by atoms with Crippen LogP contribution in [0.3, 0.4) is 0 Å². The summed E-state index contributed by atoms with van der Waals surface area (Å²) in [5.41, 5.74) is 8.59. The second kappa shape index (κ2) is 9.94. The van der Waals surface area contributed by atoms with Crippen LogP contribution in [0.15, 0.2) is 48.5 Å². The lowest BCUT2D eigenvalue weighted by molar-refractivity contribution is -0.124. The smallest absolute Gasteiger partial charge is 0.253 e. The summed E-state index contributed by atoms with van der Waals surface area (Å²) in [4.78, 5) is 24.4. The molecule has 0 radical (unpaired) electrons. The summed E-state index contributed by atoms with van der Waals surface area (Å²) in [5.74, 6) is -0.336. The fourth-order valence-electron chi connectivity index (χ4n) is 2.85. The lowest BCUT2D eigenvalue weighted by Crippen LogP contribution is -2.28. The maximum atomic E-state index is 12.3. The van der Waals surface area contributed by atoms with Crippen LogP contribution < -0.4 is 16.4 Å². The average molecular weight is 390 g/mol. The molecule has 1 aliphatic rings. The highest BCUT2D eigenvalue weighted by molar-refractivity contribution is 5.98. The van der Waals surface area contributed by atoms with E-state index in [1.807, 2.05) is 24.3 Å². The molecule has 3 rings (SSSR count). The monoisotopic (exact) mass is 389 g/mol. The Bertz CT molecular complexity index is 774. The summed E-state index contributed by atoms with van der Waals surface area (Å²) in [6, 6.07) is 14.5. The van der Waals surface area contributed by atoms with Gasteiger partial charge in [-0.1, -0.05) is 18.2 Å². The Morgan fingerprint density at radius 3 is 2.63 bits per heavy atom. The van der Waals surface area contributed by atoms with Crippen molar-refractivity contribution in [3.05, 3.63) is 59.7 Å². The molecule has 0 aromatic heterocycles. The molecule has 1 aliphatic heterocycles. The normalized spacial score (nSPS) is 15.6. The highest BCUT2D eigenvalue weighted by Crippen LogP contribution is 2.16. The number of rotatable bonds is 6. The SMILES string of the molecule is Cl.Nc1ccc(CCNC(=O)c2cccc(NC(=O)C3CCCO3)c2)cc1. The maximum absolute atomic E-state index is 12.3. The summed E-state index contributed by atoms with van der Waals surface area (Å²) in [6.07, 6.45) is 1.96. The molecule has 1 heterocycles. The van der Waals surface area contributed by atoms with Crippen molar-refractivity contribution in [2.45, 2.75) is 25.4 Å². The van der Waals surface area contributed by atoms with E-state index in [2.05, 4.69) is 10.6 Å². The summed E-state index contributed by atoms with van der Waals surface area (Å²) >= 11 is 0. The molecule has 2 aromatic rings. The van der Waals surface area contributed by atoms with E-state index in [0.29, 0.717) is 24.4 Å². The van der Waals surface area contributed by atoms with E-state index in [4.69, 9.17) is 10.5 Å². The number of carbonyl (C=O) groups is 2. The second-order valence-electron chi connectivity index (χ2n) is 6.32. The van der Waals surface area contributed by atoms with Gasteiger partial charge >= 0.3 is 0 Å². The van der Waals surface area contributed by atoms with Gasteiger partial charge in [-0.3, -0.25) is 9.59 Å². The third-order valence-corrected chi connectivity index (χ3v) is 4.29. The first-order chi connectivity index (χ1) is 12.6. The Morgan fingerprint density at radius 1 is 1.15 bits per heavy atom. The van der Waals surface area contributed by atoms with Crippen molar-refractivity contribution < 1.29 is 14.3 Å². The van der Waals surface area contributed by atoms with Crippen LogP contribution in [-0.4, -0.2) is 31.1 Å². The summed E-state index contributed by atoms with van der Waals surface area (Å²) in [5, 5.41) is 5.70. The molecule has 27 heavy (non-hydrogen) atoms. The number of ether oxygens (including phenoxy) is 1. The van der Waals surface area contributed by atoms with Crippen LogP contribution in [0.25, 0.3) is 0 Å². The predicted octanol–water partition coefficient (Wildman–Crippen LogP) is 2.78. The molecule has 0 spiro atoms. The van der Waals surface area contributed by atoms with Crippen LogP contribution in [0.2, 0.25) is 0 Å². The van der Waals surface area contributed by atoms with Crippen LogP contribution in [0.4, 0.5) is 11.4 Å². The number of nitrogens with one attached hydrogen (secondary N) is 2. The van der Waals surface area contributed by atoms with Gasteiger partial charge in [0.1, 0.15) is 6.10 Å². The van der Waals surface area contributed by atoms with Crippen molar-refractivity contribution in [1.82, 2.24) is 5.32 Å². The van der Waals surface area contributed by atoms with E-state index in [1.54, 1.807) is 24.3 Å². The second-order valence-corrected chi connectivity index (χ2v) is 6.32.